The molecule has 0 saturated carbocycles. The van der Waals surface area contributed by atoms with E-state index < -0.39 is 210 Å². The molecule has 440 valence electrons. The zero-order valence-corrected chi connectivity index (χ0v) is 41.7. The van der Waals surface area contributed by atoms with Crippen molar-refractivity contribution in [2.75, 3.05) is 52.7 Å². The van der Waals surface area contributed by atoms with Gasteiger partial charge in [0.15, 0.2) is 25.2 Å². The molecule has 6 amide bonds. The van der Waals surface area contributed by atoms with E-state index in [1.54, 1.807) is 6.92 Å². The van der Waals surface area contributed by atoms with E-state index in [9.17, 15) is 94.8 Å². The van der Waals surface area contributed by atoms with Crippen LogP contribution in [0, 0.1) is 0 Å². The predicted octanol–water partition coefficient (Wildman–Crippen LogP) is -10.3. The summed E-state index contributed by atoms with van der Waals surface area (Å²) in [4.78, 5) is 92.7. The second kappa shape index (κ2) is 30.3. The molecule has 0 unspecified atom stereocenters. The van der Waals surface area contributed by atoms with Crippen LogP contribution in [0.5, 0.6) is 0 Å². The van der Waals surface area contributed by atoms with E-state index in [-0.39, 0.29) is 63.3 Å². The molecule has 0 bridgehead atoms. The summed E-state index contributed by atoms with van der Waals surface area (Å²) in [5, 5.41) is 134. The first kappa shape index (κ1) is 63.5. The van der Waals surface area contributed by atoms with Crippen LogP contribution in [0.15, 0.2) is 0 Å². The summed E-state index contributed by atoms with van der Waals surface area (Å²) in [6.45, 7) is -2.49. The Morgan fingerprint density at radius 1 is 0.597 bits per heavy atom. The van der Waals surface area contributed by atoms with Gasteiger partial charge in [-0.15, -0.1) is 5.06 Å². The maximum absolute atomic E-state index is 13.3. The number of rotatable bonds is 27. The molecule has 5 fully saturated rings. The van der Waals surface area contributed by atoms with Crippen LogP contribution in [0.4, 0.5) is 0 Å². The Morgan fingerprint density at radius 3 is 1.74 bits per heavy atom. The average molecular weight is 1120 g/mol. The number of hydroxylamine groups is 2. The molecule has 77 heavy (non-hydrogen) atoms. The molecule has 33 heteroatoms. The van der Waals surface area contributed by atoms with Crippen LogP contribution in [0.2, 0.25) is 0 Å². The number of ether oxygens (including phenoxy) is 8. The number of nitrogens with one attached hydrogen (secondary N) is 4. The molecule has 0 aliphatic carbocycles. The van der Waals surface area contributed by atoms with Gasteiger partial charge in [-0.3, -0.25) is 28.8 Å². The van der Waals surface area contributed by atoms with Crippen LogP contribution in [0.25, 0.3) is 0 Å². The summed E-state index contributed by atoms with van der Waals surface area (Å²) in [5.41, 5.74) is 0. The van der Waals surface area contributed by atoms with Gasteiger partial charge in [0.1, 0.15) is 91.9 Å². The lowest BCUT2D eigenvalue weighted by atomic mass is 9.96. The molecular weight excluding hydrogens is 1050 g/mol. The maximum atomic E-state index is 13.3. The zero-order chi connectivity index (χ0) is 56.7. The van der Waals surface area contributed by atoms with E-state index in [1.807, 2.05) is 0 Å². The number of carbonyl (C=O) groups excluding carboxylic acids is 7. The summed E-state index contributed by atoms with van der Waals surface area (Å²) < 4.78 is 44.1. The highest BCUT2D eigenvalue weighted by Gasteiger charge is 2.52. The second-order valence-corrected chi connectivity index (χ2v) is 18.6. The van der Waals surface area contributed by atoms with E-state index in [0.717, 1.165) is 0 Å². The van der Waals surface area contributed by atoms with Crippen molar-refractivity contribution in [1.29, 1.82) is 0 Å². The monoisotopic (exact) mass is 1120 g/mol. The standard InChI is InChI=1S/C44H71N5O28/c1-18-20(52)13-21(53)41(72-18)69-11-9-45-25(54)3-2-4-27(56)48-19(40(68)47-14-30(59)77-49-28(57)7-8-29(49)58)5-6-26(55)46-10-12-70-43-38(67)39(76-44-37(66)35(64)32(61)23(16-51)74-44)33(62)24(75-43)17-71-42-36(65)34(63)31(60)22(15-50)73-42/h18-24,31-39,41-44,50-53,60-67H,2-17H2,1H3,(H,45,54)(H,46,55)(H,47,68)(H,48,56)/t18-,19-,20-,21-,22+,23+,24+,31+,32+,33+,34-,35-,36-,37-,38-,39-,41+,42-,43-,44+/m0/s1. The molecule has 20 atom stereocenters. The molecule has 16 N–H and O–H groups in total. The molecular formula is C44H71N5O28. The van der Waals surface area contributed by atoms with Crippen molar-refractivity contribution in [3.63, 3.8) is 0 Å². The van der Waals surface area contributed by atoms with Crippen LogP contribution >= 0.6 is 0 Å². The van der Waals surface area contributed by atoms with Crippen molar-refractivity contribution < 1.29 is 138 Å². The number of nitrogens with zero attached hydrogens (tertiary/aromatic N) is 1. The van der Waals surface area contributed by atoms with Crippen LogP contribution in [-0.2, 0) is 76.3 Å². The Kier molecular flexibility index (Phi) is 25.0. The third-order valence-electron chi connectivity index (χ3n) is 12.9. The molecule has 5 rings (SSSR count). The zero-order valence-electron chi connectivity index (χ0n) is 41.7. The number of aliphatic hydroxyl groups excluding tert-OH is 12. The summed E-state index contributed by atoms with van der Waals surface area (Å²) in [5.74, 6) is -5.71. The van der Waals surface area contributed by atoms with Gasteiger partial charge in [-0.2, -0.15) is 0 Å². The minimum absolute atomic E-state index is 0.0115. The van der Waals surface area contributed by atoms with Crippen LogP contribution in [-0.4, -0.2) is 283 Å². The van der Waals surface area contributed by atoms with Gasteiger partial charge < -0.3 is 125 Å². The van der Waals surface area contributed by atoms with E-state index in [2.05, 4.69) is 21.3 Å². The fourth-order valence-electron chi connectivity index (χ4n) is 8.36. The van der Waals surface area contributed by atoms with E-state index >= 15 is 0 Å². The predicted molar refractivity (Wildman–Crippen MR) is 243 cm³/mol. The first-order valence-corrected chi connectivity index (χ1v) is 24.9. The molecule has 5 heterocycles. The number of carbonyl (C=O) groups is 7. The molecule has 0 aromatic rings. The van der Waals surface area contributed by atoms with Crippen LogP contribution < -0.4 is 21.3 Å². The summed E-state index contributed by atoms with van der Waals surface area (Å²) in [7, 11) is 0. The highest BCUT2D eigenvalue weighted by atomic mass is 16.8. The lowest BCUT2D eigenvalue weighted by Crippen LogP contribution is -2.65. The van der Waals surface area contributed by atoms with Crippen molar-refractivity contribution in [3.8, 4) is 0 Å². The number of aliphatic hydroxyl groups is 12. The maximum Gasteiger partial charge on any atom is 0.352 e. The van der Waals surface area contributed by atoms with Crippen LogP contribution in [0.3, 0.4) is 0 Å². The first-order chi connectivity index (χ1) is 36.5. The third kappa shape index (κ3) is 17.8. The minimum Gasteiger partial charge on any atom is -0.394 e. The second-order valence-electron chi connectivity index (χ2n) is 18.6. The first-order valence-electron chi connectivity index (χ1n) is 24.9. The lowest BCUT2D eigenvalue weighted by molar-refractivity contribution is -0.366. The average Bonchev–Trinajstić information content (AvgIpc) is 3.72. The molecule has 0 aromatic carbocycles. The molecule has 0 radical (unpaired) electrons. The topological polar surface area (TPSA) is 497 Å². The van der Waals surface area contributed by atoms with Gasteiger partial charge in [-0.1, -0.05) is 0 Å². The summed E-state index contributed by atoms with van der Waals surface area (Å²) in [6.07, 6.45) is -32.0. The van der Waals surface area contributed by atoms with Gasteiger partial charge in [0, 0.05) is 51.6 Å². The Bertz CT molecular complexity index is 1940. The number of imide groups is 1. The van der Waals surface area contributed by atoms with E-state index in [1.165, 1.54) is 0 Å². The molecule has 33 nitrogen and oxygen atoms in total. The molecule has 5 aliphatic heterocycles. The van der Waals surface area contributed by atoms with E-state index in [0.29, 0.717) is 0 Å². The number of hydrogen-bond donors (Lipinski definition) is 16. The van der Waals surface area contributed by atoms with Crippen molar-refractivity contribution in [1.82, 2.24) is 26.3 Å². The minimum atomic E-state index is -2.00. The highest BCUT2D eigenvalue weighted by Crippen LogP contribution is 2.31. The third-order valence-corrected chi connectivity index (χ3v) is 12.9. The van der Waals surface area contributed by atoms with Gasteiger partial charge in [0.25, 0.3) is 11.8 Å². The molecule has 5 aliphatic rings. The Labute approximate surface area is 438 Å². The quantitative estimate of drug-likeness (QED) is 0.0268. The van der Waals surface area contributed by atoms with Crippen molar-refractivity contribution in [3.05, 3.63) is 0 Å². The SMILES string of the molecule is C[C@@H]1O[C@@H](OCCNC(=O)CCCC(=O)N[C@@H](CCC(=O)NCCO[C@H]2O[C@H](CO[C@H]3O[C@H](CO)[C@@H](O)[C@H](O)[C@@H]3O)[C@@H](O)[C@H](O[C@H]3O[C@H](CO)[C@@H](O)[C@H](O)[C@@H]3O)[C@@H]2O)C(=O)NCC(=O)ON2C(=O)CCC2=O)[C@@H](O)C[C@@H]1O. The number of amides is 6. The Balaban J connectivity index is 1.14. The van der Waals surface area contributed by atoms with Gasteiger partial charge in [0.05, 0.1) is 45.2 Å². The van der Waals surface area contributed by atoms with Crippen molar-refractivity contribution in [2.45, 2.75) is 181 Å². The summed E-state index contributed by atoms with van der Waals surface area (Å²) >= 11 is 0. The fourth-order valence-corrected chi connectivity index (χ4v) is 8.36. The highest BCUT2D eigenvalue weighted by molar-refractivity contribution is 6.01. The Morgan fingerprint density at radius 2 is 1.13 bits per heavy atom. The van der Waals surface area contributed by atoms with Crippen LogP contribution in [0.1, 0.15) is 58.3 Å². The van der Waals surface area contributed by atoms with Gasteiger partial charge in [-0.05, 0) is 19.8 Å². The summed E-state index contributed by atoms with van der Waals surface area (Å²) in [6, 6.07) is -1.49. The fraction of sp³-hybridized carbons (Fsp3) is 0.841. The smallest absolute Gasteiger partial charge is 0.352 e. The Hall–Kier alpha value is -4.31. The molecule has 5 saturated heterocycles. The lowest BCUT2D eigenvalue weighted by Gasteiger charge is -2.46. The molecule has 0 aromatic heterocycles. The van der Waals surface area contributed by atoms with Crippen molar-refractivity contribution >= 4 is 41.4 Å². The van der Waals surface area contributed by atoms with Gasteiger partial charge in [-0.25, -0.2) is 4.79 Å². The van der Waals surface area contributed by atoms with E-state index in [4.69, 9.17) is 42.7 Å². The molecule has 0 spiro atoms. The van der Waals surface area contributed by atoms with Crippen molar-refractivity contribution in [2.24, 2.45) is 0 Å². The van der Waals surface area contributed by atoms with Gasteiger partial charge >= 0.3 is 5.97 Å². The largest absolute Gasteiger partial charge is 0.394 e. The van der Waals surface area contributed by atoms with Gasteiger partial charge in [0.2, 0.25) is 23.6 Å². The normalized spacial score (nSPS) is 36.0. The number of hydrogen-bond acceptors (Lipinski definition) is 28.